The van der Waals surface area contributed by atoms with Crippen molar-refractivity contribution in [3.8, 4) is 11.5 Å². The van der Waals surface area contributed by atoms with Crippen LogP contribution in [0.15, 0.2) is 47.4 Å². The molecule has 0 aliphatic heterocycles. The summed E-state index contributed by atoms with van der Waals surface area (Å²) in [5, 5.41) is 7.78. The lowest BCUT2D eigenvalue weighted by Crippen LogP contribution is -2.23. The molecule has 0 atom stereocenters. The third-order valence-electron chi connectivity index (χ3n) is 3.32. The lowest BCUT2D eigenvalue weighted by molar-refractivity contribution is 0.0950. The lowest BCUT2D eigenvalue weighted by atomic mass is 10.1. The number of carbonyl (C=O) groups excluding carboxylic acids is 1. The van der Waals surface area contributed by atoms with Gasteiger partial charge in [-0.15, -0.1) is 0 Å². The van der Waals surface area contributed by atoms with Crippen LogP contribution in [0.1, 0.15) is 15.9 Å². The maximum absolute atomic E-state index is 12.2. The van der Waals surface area contributed by atoms with Crippen molar-refractivity contribution in [2.45, 2.75) is 11.4 Å². The van der Waals surface area contributed by atoms with Crippen molar-refractivity contribution < 1.29 is 22.7 Å². The van der Waals surface area contributed by atoms with Gasteiger partial charge in [0.15, 0.2) is 0 Å². The molecule has 0 saturated heterocycles. The second-order valence-electron chi connectivity index (χ2n) is 4.97. The quantitative estimate of drug-likeness (QED) is 0.816. The van der Waals surface area contributed by atoms with E-state index in [-0.39, 0.29) is 17.3 Å². The molecule has 0 unspecified atom stereocenters. The minimum Gasteiger partial charge on any atom is -0.497 e. The number of primary sulfonamides is 1. The van der Waals surface area contributed by atoms with Gasteiger partial charge in [0.2, 0.25) is 10.0 Å². The summed E-state index contributed by atoms with van der Waals surface area (Å²) in [4.78, 5) is 12.3. The third kappa shape index (κ3) is 4.46. The maximum Gasteiger partial charge on any atom is 0.251 e. The molecule has 0 saturated carbocycles. The number of ether oxygens (including phenoxy) is 2. The van der Waals surface area contributed by atoms with Gasteiger partial charge >= 0.3 is 0 Å². The molecule has 0 bridgehead atoms. The maximum atomic E-state index is 12.2. The molecule has 0 heterocycles. The van der Waals surface area contributed by atoms with E-state index in [0.717, 1.165) is 5.56 Å². The molecule has 0 fully saturated rings. The fourth-order valence-corrected chi connectivity index (χ4v) is 2.54. The van der Waals surface area contributed by atoms with Gasteiger partial charge in [0.05, 0.1) is 19.1 Å². The number of hydrogen-bond donors (Lipinski definition) is 2. The number of sulfonamides is 1. The molecule has 0 aromatic heterocycles. The van der Waals surface area contributed by atoms with Crippen LogP contribution in [0.25, 0.3) is 0 Å². The molecule has 0 spiro atoms. The van der Waals surface area contributed by atoms with Crippen LogP contribution in [0, 0.1) is 0 Å². The third-order valence-corrected chi connectivity index (χ3v) is 4.25. The van der Waals surface area contributed by atoms with Crippen LogP contribution in [-0.4, -0.2) is 28.5 Å². The summed E-state index contributed by atoms with van der Waals surface area (Å²) in [6.07, 6.45) is 0. The Kier molecular flexibility index (Phi) is 5.42. The van der Waals surface area contributed by atoms with Crippen LogP contribution in [0.3, 0.4) is 0 Å². The van der Waals surface area contributed by atoms with Gasteiger partial charge < -0.3 is 14.8 Å². The standard InChI is InChI=1S/C16H18N2O5S/c1-22-13-7-12(8-14(9-13)23-2)16(19)18-10-11-3-5-15(6-4-11)24(17,20)21/h3-9H,10H2,1-2H3,(H,18,19)(H2,17,20,21). The van der Waals surface area contributed by atoms with Crippen LogP contribution >= 0.6 is 0 Å². The SMILES string of the molecule is COc1cc(OC)cc(C(=O)NCc2ccc(S(N)(=O)=O)cc2)c1. The second-order valence-corrected chi connectivity index (χ2v) is 6.53. The summed E-state index contributed by atoms with van der Waals surface area (Å²) < 4.78 is 32.7. The Morgan fingerprint density at radius 3 is 2.04 bits per heavy atom. The predicted octanol–water partition coefficient (Wildman–Crippen LogP) is 1.28. The van der Waals surface area contributed by atoms with Crippen molar-refractivity contribution in [1.82, 2.24) is 5.32 Å². The van der Waals surface area contributed by atoms with Gasteiger partial charge in [-0.05, 0) is 29.8 Å². The molecule has 0 aliphatic carbocycles. The van der Waals surface area contributed by atoms with Crippen molar-refractivity contribution >= 4 is 15.9 Å². The molecule has 1 amide bonds. The Morgan fingerprint density at radius 1 is 1.04 bits per heavy atom. The summed E-state index contributed by atoms with van der Waals surface area (Å²) in [6, 6.07) is 10.8. The van der Waals surface area contributed by atoms with Crippen LogP contribution in [0.4, 0.5) is 0 Å². The Bertz CT molecular complexity index is 810. The number of hydrogen-bond acceptors (Lipinski definition) is 5. The zero-order valence-corrected chi connectivity index (χ0v) is 14.1. The minimum atomic E-state index is -3.72. The van der Waals surface area contributed by atoms with Gasteiger partial charge in [-0.3, -0.25) is 4.79 Å². The molecular formula is C16H18N2O5S. The largest absolute Gasteiger partial charge is 0.497 e. The molecule has 0 radical (unpaired) electrons. The zero-order chi connectivity index (χ0) is 17.7. The summed E-state index contributed by atoms with van der Waals surface area (Å²) in [7, 11) is -0.717. The molecule has 2 rings (SSSR count). The van der Waals surface area contributed by atoms with Gasteiger partial charge in [-0.1, -0.05) is 12.1 Å². The van der Waals surface area contributed by atoms with E-state index < -0.39 is 10.0 Å². The fourth-order valence-electron chi connectivity index (χ4n) is 2.02. The molecule has 8 heteroatoms. The van der Waals surface area contributed by atoms with Gasteiger partial charge in [-0.25, -0.2) is 13.6 Å². The number of nitrogens with one attached hydrogen (secondary N) is 1. The molecule has 2 aromatic rings. The highest BCUT2D eigenvalue weighted by Gasteiger charge is 2.10. The molecular weight excluding hydrogens is 332 g/mol. The Hall–Kier alpha value is -2.58. The minimum absolute atomic E-state index is 0.0232. The topological polar surface area (TPSA) is 108 Å². The summed E-state index contributed by atoms with van der Waals surface area (Å²) in [6.45, 7) is 0.239. The second kappa shape index (κ2) is 7.33. The number of rotatable bonds is 6. The average molecular weight is 350 g/mol. The van der Waals surface area contributed by atoms with Gasteiger partial charge in [0.25, 0.3) is 5.91 Å². The summed E-state index contributed by atoms with van der Waals surface area (Å²) in [5.74, 6) is 0.719. The zero-order valence-electron chi connectivity index (χ0n) is 13.3. The van der Waals surface area contributed by atoms with Crippen molar-refractivity contribution in [2.75, 3.05) is 14.2 Å². The van der Waals surface area contributed by atoms with E-state index in [9.17, 15) is 13.2 Å². The van der Waals surface area contributed by atoms with E-state index in [4.69, 9.17) is 14.6 Å². The highest BCUT2D eigenvalue weighted by atomic mass is 32.2. The highest BCUT2D eigenvalue weighted by molar-refractivity contribution is 7.89. The van der Waals surface area contributed by atoms with Crippen LogP contribution in [0.5, 0.6) is 11.5 Å². The van der Waals surface area contributed by atoms with Gasteiger partial charge in [-0.2, -0.15) is 0 Å². The Labute approximate surface area is 140 Å². The number of amides is 1. The van der Waals surface area contributed by atoms with Crippen molar-refractivity contribution in [3.63, 3.8) is 0 Å². The highest BCUT2D eigenvalue weighted by Crippen LogP contribution is 2.22. The number of carbonyl (C=O) groups is 1. The first-order valence-electron chi connectivity index (χ1n) is 6.96. The Balaban J connectivity index is 2.08. The molecule has 0 aliphatic rings. The summed E-state index contributed by atoms with van der Waals surface area (Å²) in [5.41, 5.74) is 1.14. The van der Waals surface area contributed by atoms with Crippen molar-refractivity contribution in [3.05, 3.63) is 53.6 Å². The Morgan fingerprint density at radius 2 is 1.58 bits per heavy atom. The van der Waals surface area contributed by atoms with E-state index >= 15 is 0 Å². The number of methoxy groups -OCH3 is 2. The van der Waals surface area contributed by atoms with E-state index in [2.05, 4.69) is 5.32 Å². The van der Waals surface area contributed by atoms with Gasteiger partial charge in [0, 0.05) is 18.2 Å². The first-order chi connectivity index (χ1) is 11.3. The van der Waals surface area contributed by atoms with E-state index in [1.165, 1.54) is 26.4 Å². The molecule has 128 valence electrons. The molecule has 2 aromatic carbocycles. The number of benzene rings is 2. The average Bonchev–Trinajstić information content (AvgIpc) is 2.58. The summed E-state index contributed by atoms with van der Waals surface area (Å²) >= 11 is 0. The van der Waals surface area contributed by atoms with Crippen molar-refractivity contribution in [1.29, 1.82) is 0 Å². The van der Waals surface area contributed by atoms with Gasteiger partial charge in [0.1, 0.15) is 11.5 Å². The first kappa shape index (κ1) is 17.8. The van der Waals surface area contributed by atoms with E-state index in [1.54, 1.807) is 30.3 Å². The number of nitrogens with two attached hydrogens (primary N) is 1. The van der Waals surface area contributed by atoms with Crippen LogP contribution in [0.2, 0.25) is 0 Å². The molecule has 3 N–H and O–H groups in total. The lowest BCUT2D eigenvalue weighted by Gasteiger charge is -2.09. The van der Waals surface area contributed by atoms with Crippen LogP contribution in [-0.2, 0) is 16.6 Å². The monoisotopic (exact) mass is 350 g/mol. The van der Waals surface area contributed by atoms with E-state index in [0.29, 0.717) is 17.1 Å². The normalized spacial score (nSPS) is 11.0. The van der Waals surface area contributed by atoms with E-state index in [1.807, 2.05) is 0 Å². The van der Waals surface area contributed by atoms with Crippen molar-refractivity contribution in [2.24, 2.45) is 5.14 Å². The molecule has 7 nitrogen and oxygen atoms in total. The van der Waals surface area contributed by atoms with Crippen LogP contribution < -0.4 is 19.9 Å². The molecule has 24 heavy (non-hydrogen) atoms. The smallest absolute Gasteiger partial charge is 0.251 e. The fraction of sp³-hybridized carbons (Fsp3) is 0.188. The first-order valence-corrected chi connectivity index (χ1v) is 8.51. The predicted molar refractivity (Wildman–Crippen MR) is 88.5 cm³/mol.